The van der Waals surface area contributed by atoms with E-state index in [-0.39, 0.29) is 17.2 Å². The van der Waals surface area contributed by atoms with Gasteiger partial charge in [-0.15, -0.1) is 11.6 Å². The van der Waals surface area contributed by atoms with Crippen LogP contribution in [0.1, 0.15) is 25.3 Å². The van der Waals surface area contributed by atoms with Crippen molar-refractivity contribution in [1.29, 1.82) is 0 Å². The minimum absolute atomic E-state index is 0.00813. The van der Waals surface area contributed by atoms with Crippen molar-refractivity contribution in [3.8, 4) is 0 Å². The van der Waals surface area contributed by atoms with Crippen LogP contribution < -0.4 is 10.6 Å². The third kappa shape index (κ3) is 5.05. The molecule has 0 bridgehead atoms. The van der Waals surface area contributed by atoms with Gasteiger partial charge in [-0.2, -0.15) is 0 Å². The molecule has 0 saturated heterocycles. The Hall–Kier alpha value is -2.19. The summed E-state index contributed by atoms with van der Waals surface area (Å²) in [5.41, 5.74) is 1.27. The Kier molecular flexibility index (Phi) is 6.74. The van der Waals surface area contributed by atoms with E-state index in [0.29, 0.717) is 18.7 Å². The van der Waals surface area contributed by atoms with E-state index in [1.165, 1.54) is 24.3 Å². The number of rotatable bonds is 5. The molecule has 2 N–H and O–H groups in total. The number of halogens is 2. The third-order valence-electron chi connectivity index (χ3n) is 5.09. The molecule has 0 spiro atoms. The van der Waals surface area contributed by atoms with Gasteiger partial charge in [0, 0.05) is 24.6 Å². The number of sulfone groups is 1. The van der Waals surface area contributed by atoms with Gasteiger partial charge in [0.15, 0.2) is 9.84 Å². The molecule has 1 aliphatic carbocycles. The maximum atomic E-state index is 14.4. The van der Waals surface area contributed by atoms with E-state index in [2.05, 4.69) is 15.6 Å². The Morgan fingerprint density at radius 2 is 1.97 bits per heavy atom. The normalized spacial score (nSPS) is 24.7. The van der Waals surface area contributed by atoms with Gasteiger partial charge in [0.05, 0.1) is 10.3 Å². The number of amides is 2. The first kappa shape index (κ1) is 21.5. The topological polar surface area (TPSA) is 88.2 Å². The van der Waals surface area contributed by atoms with Crippen LogP contribution >= 0.6 is 11.6 Å². The lowest BCUT2D eigenvalue weighted by molar-refractivity contribution is 0.222. The molecule has 1 aromatic carbocycles. The predicted molar refractivity (Wildman–Crippen MR) is 110 cm³/mol. The molecule has 0 radical (unpaired) electrons. The number of benzene rings is 1. The average molecular weight is 440 g/mol. The number of carbonyl (C=O) groups excluding carboxylic acids is 1. The highest BCUT2D eigenvalue weighted by atomic mass is 35.5. The summed E-state index contributed by atoms with van der Waals surface area (Å²) >= 11 is 6.26. The number of aromatic nitrogens is 1. The van der Waals surface area contributed by atoms with Crippen molar-refractivity contribution in [3.05, 3.63) is 54.4 Å². The standard InChI is InChI=1S/C20H23ClFN3O3S/c1-13-4-9-17(22)19(18(13)21)29(27,28)16-7-5-15(6-8-16)25-20(26)24-12-14-3-2-10-23-11-14/h2-3,5-8,10-11,13,17-19H,4,9,12H2,1H3,(H2,24,25,26). The first-order valence-corrected chi connectivity index (χ1v) is 11.3. The highest BCUT2D eigenvalue weighted by Gasteiger charge is 2.45. The van der Waals surface area contributed by atoms with Crippen molar-refractivity contribution in [3.63, 3.8) is 0 Å². The van der Waals surface area contributed by atoms with Crippen LogP contribution in [0.25, 0.3) is 0 Å². The van der Waals surface area contributed by atoms with Gasteiger partial charge in [-0.25, -0.2) is 17.6 Å². The zero-order chi connectivity index (χ0) is 21.0. The Morgan fingerprint density at radius 1 is 1.24 bits per heavy atom. The number of carbonyl (C=O) groups is 1. The van der Waals surface area contributed by atoms with Gasteiger partial charge in [0.1, 0.15) is 11.4 Å². The SMILES string of the molecule is CC1CCC(F)C(S(=O)(=O)c2ccc(NC(=O)NCc3cccnc3)cc2)C1Cl. The van der Waals surface area contributed by atoms with Gasteiger partial charge >= 0.3 is 6.03 Å². The van der Waals surface area contributed by atoms with E-state index >= 15 is 0 Å². The van der Waals surface area contributed by atoms with E-state index in [1.807, 2.05) is 13.0 Å². The molecule has 0 aliphatic heterocycles. The van der Waals surface area contributed by atoms with Gasteiger partial charge in [-0.3, -0.25) is 4.98 Å². The zero-order valence-corrected chi connectivity index (χ0v) is 17.5. The summed E-state index contributed by atoms with van der Waals surface area (Å²) in [6.45, 7) is 2.14. The second-order valence-corrected chi connectivity index (χ2v) is 9.83. The number of nitrogens with zero attached hydrogens (tertiary/aromatic N) is 1. The summed E-state index contributed by atoms with van der Waals surface area (Å²) in [4.78, 5) is 16.0. The first-order chi connectivity index (χ1) is 13.8. The molecule has 1 fully saturated rings. The Bertz CT molecular complexity index is 941. The fourth-order valence-corrected chi connectivity index (χ4v) is 6.04. The maximum Gasteiger partial charge on any atom is 0.319 e. The number of pyridine rings is 1. The molecule has 4 atom stereocenters. The molecule has 6 nitrogen and oxygen atoms in total. The van der Waals surface area contributed by atoms with Gasteiger partial charge in [0.2, 0.25) is 0 Å². The summed E-state index contributed by atoms with van der Waals surface area (Å²) in [5, 5.41) is 3.27. The fraction of sp³-hybridized carbons (Fsp3) is 0.400. The van der Waals surface area contributed by atoms with Gasteiger partial charge in [0.25, 0.3) is 0 Å². The van der Waals surface area contributed by atoms with Crippen LogP contribution in [0.5, 0.6) is 0 Å². The molecule has 1 heterocycles. The van der Waals surface area contributed by atoms with Gasteiger partial charge < -0.3 is 10.6 Å². The van der Waals surface area contributed by atoms with Crippen molar-refractivity contribution in [2.24, 2.45) is 5.92 Å². The number of anilines is 1. The van der Waals surface area contributed by atoms with E-state index < -0.39 is 32.7 Å². The van der Waals surface area contributed by atoms with Crippen molar-refractivity contribution in [2.45, 2.75) is 48.0 Å². The second kappa shape index (κ2) is 9.09. The highest BCUT2D eigenvalue weighted by Crippen LogP contribution is 2.37. The molecule has 2 aromatic rings. The summed E-state index contributed by atoms with van der Waals surface area (Å²) < 4.78 is 40.2. The van der Waals surface area contributed by atoms with Crippen LogP contribution in [-0.2, 0) is 16.4 Å². The van der Waals surface area contributed by atoms with Crippen LogP contribution in [0, 0.1) is 5.92 Å². The van der Waals surface area contributed by atoms with E-state index in [9.17, 15) is 17.6 Å². The zero-order valence-electron chi connectivity index (χ0n) is 15.9. The highest BCUT2D eigenvalue weighted by molar-refractivity contribution is 7.92. The number of urea groups is 1. The van der Waals surface area contributed by atoms with Crippen molar-refractivity contribution < 1.29 is 17.6 Å². The summed E-state index contributed by atoms with van der Waals surface area (Å²) in [5.74, 6) is -0.0760. The molecular weight excluding hydrogens is 417 g/mol. The quantitative estimate of drug-likeness (QED) is 0.691. The lowest BCUT2D eigenvalue weighted by atomic mass is 9.89. The molecule has 1 aliphatic rings. The summed E-state index contributed by atoms with van der Waals surface area (Å²) in [6.07, 6.45) is 2.55. The molecule has 1 aromatic heterocycles. The lowest BCUT2D eigenvalue weighted by Crippen LogP contribution is -2.45. The third-order valence-corrected chi connectivity index (χ3v) is 8.17. The maximum absolute atomic E-state index is 14.4. The number of nitrogens with one attached hydrogen (secondary N) is 2. The number of alkyl halides is 2. The molecule has 1 saturated carbocycles. The molecule has 156 valence electrons. The second-order valence-electron chi connectivity index (χ2n) is 7.22. The van der Waals surface area contributed by atoms with E-state index in [0.717, 1.165) is 5.56 Å². The van der Waals surface area contributed by atoms with Crippen LogP contribution in [0.2, 0.25) is 0 Å². The number of hydrogen-bond acceptors (Lipinski definition) is 4. The van der Waals surface area contributed by atoms with Crippen molar-refractivity contribution >= 4 is 33.2 Å². The Balaban J connectivity index is 1.65. The lowest BCUT2D eigenvalue weighted by Gasteiger charge is -2.34. The van der Waals surface area contributed by atoms with Gasteiger partial charge in [-0.05, 0) is 54.7 Å². The minimum Gasteiger partial charge on any atom is -0.334 e. The monoisotopic (exact) mass is 439 g/mol. The molecule has 4 unspecified atom stereocenters. The first-order valence-electron chi connectivity index (χ1n) is 9.35. The van der Waals surface area contributed by atoms with Crippen LogP contribution in [0.15, 0.2) is 53.7 Å². The molecule has 3 rings (SSSR count). The molecule has 29 heavy (non-hydrogen) atoms. The fourth-order valence-electron chi connectivity index (χ4n) is 3.38. The van der Waals surface area contributed by atoms with Crippen LogP contribution in [0.4, 0.5) is 14.9 Å². The average Bonchev–Trinajstić information content (AvgIpc) is 2.70. The minimum atomic E-state index is -3.93. The predicted octanol–water partition coefficient (Wildman–Crippen LogP) is 3.92. The van der Waals surface area contributed by atoms with Gasteiger partial charge in [-0.1, -0.05) is 13.0 Å². The Morgan fingerprint density at radius 3 is 2.62 bits per heavy atom. The van der Waals surface area contributed by atoms with E-state index in [1.54, 1.807) is 18.5 Å². The largest absolute Gasteiger partial charge is 0.334 e. The summed E-state index contributed by atoms with van der Waals surface area (Å²) in [7, 11) is -3.93. The molecule has 2 amide bonds. The van der Waals surface area contributed by atoms with Crippen molar-refractivity contribution in [2.75, 3.05) is 5.32 Å². The van der Waals surface area contributed by atoms with E-state index in [4.69, 9.17) is 11.6 Å². The smallest absolute Gasteiger partial charge is 0.319 e. The van der Waals surface area contributed by atoms with Crippen LogP contribution in [0.3, 0.4) is 0 Å². The summed E-state index contributed by atoms with van der Waals surface area (Å²) in [6, 6.07) is 8.84. The number of hydrogen-bond donors (Lipinski definition) is 2. The van der Waals surface area contributed by atoms with Crippen molar-refractivity contribution in [1.82, 2.24) is 10.3 Å². The molecule has 9 heteroatoms. The van der Waals surface area contributed by atoms with Crippen LogP contribution in [-0.4, -0.2) is 36.2 Å². The molecular formula is C20H23ClFN3O3S. The Labute approximate surface area is 174 Å².